The molecule has 0 saturated carbocycles. The maximum atomic E-state index is 11.3. The molecule has 2 atom stereocenters. The summed E-state index contributed by atoms with van der Waals surface area (Å²) >= 11 is 0.133. The molecule has 0 heterocycles. The van der Waals surface area contributed by atoms with Gasteiger partial charge in [0.1, 0.15) is 0 Å². The van der Waals surface area contributed by atoms with Crippen molar-refractivity contribution in [2.75, 3.05) is 0 Å². The summed E-state index contributed by atoms with van der Waals surface area (Å²) in [5.41, 5.74) is 5.22. The second kappa shape index (κ2) is 8.05. The number of carbonyl (C=O) groups is 3. The Bertz CT molecular complexity index is 297. The number of hydrogen-bond acceptors (Lipinski definition) is 4. The van der Waals surface area contributed by atoms with E-state index in [4.69, 9.17) is 15.9 Å². The van der Waals surface area contributed by atoms with Crippen molar-refractivity contribution in [2.24, 2.45) is 5.73 Å². The molecule has 0 aliphatic rings. The Hall–Kier alpha value is -1.11. The molecule has 17 heavy (non-hydrogen) atoms. The molecular formula is C9H16N2O5Se. The molecule has 0 aromatic rings. The Kier molecular flexibility index (Phi) is 7.52. The fourth-order valence-corrected chi connectivity index (χ4v) is 2.19. The quantitative estimate of drug-likeness (QED) is 0.422. The number of nitrogens with two attached hydrogens (primary N) is 1. The molecule has 0 spiro atoms. The number of nitrogens with one attached hydrogen (secondary N) is 1. The van der Waals surface area contributed by atoms with Crippen LogP contribution < -0.4 is 11.1 Å². The molecule has 0 fully saturated rings. The Balaban J connectivity index is 4.06. The SMILES string of the molecule is C[Se]CC(NC(=O)CC[C@H](N)C(=O)O)C(=O)O. The second-order valence-electron chi connectivity index (χ2n) is 3.40. The number of rotatable bonds is 8. The number of amides is 1. The Morgan fingerprint density at radius 2 is 1.88 bits per heavy atom. The van der Waals surface area contributed by atoms with Crippen molar-refractivity contribution in [2.45, 2.75) is 36.1 Å². The molecule has 0 aromatic heterocycles. The average molecular weight is 311 g/mol. The molecule has 7 nitrogen and oxygen atoms in total. The van der Waals surface area contributed by atoms with Gasteiger partial charge in [0, 0.05) is 0 Å². The van der Waals surface area contributed by atoms with Gasteiger partial charge < -0.3 is 0 Å². The Labute approximate surface area is 105 Å². The molecule has 98 valence electrons. The van der Waals surface area contributed by atoms with Crippen LogP contribution in [0.1, 0.15) is 12.8 Å². The molecule has 0 aromatic carbocycles. The van der Waals surface area contributed by atoms with Gasteiger partial charge in [-0.15, -0.1) is 0 Å². The van der Waals surface area contributed by atoms with E-state index in [1.807, 2.05) is 5.82 Å². The average Bonchev–Trinajstić information content (AvgIpc) is 2.24. The first kappa shape index (κ1) is 15.9. The number of aliphatic carboxylic acids is 2. The predicted molar refractivity (Wildman–Crippen MR) is 60.8 cm³/mol. The topological polar surface area (TPSA) is 130 Å². The minimum absolute atomic E-state index is 0.00915. The van der Waals surface area contributed by atoms with Gasteiger partial charge in [0.05, 0.1) is 0 Å². The summed E-state index contributed by atoms with van der Waals surface area (Å²) in [4.78, 5) is 32.5. The van der Waals surface area contributed by atoms with Crippen LogP contribution in [0.5, 0.6) is 0 Å². The van der Waals surface area contributed by atoms with E-state index in [9.17, 15) is 14.4 Å². The first-order valence-corrected chi connectivity index (χ1v) is 7.80. The van der Waals surface area contributed by atoms with Crippen molar-refractivity contribution in [3.05, 3.63) is 0 Å². The third-order valence-corrected chi connectivity index (χ3v) is 3.36. The number of carboxylic acids is 2. The van der Waals surface area contributed by atoms with E-state index in [2.05, 4.69) is 5.32 Å². The molecule has 8 heteroatoms. The van der Waals surface area contributed by atoms with Gasteiger partial charge in [-0.2, -0.15) is 0 Å². The van der Waals surface area contributed by atoms with E-state index in [0.717, 1.165) is 0 Å². The van der Waals surface area contributed by atoms with E-state index in [1.165, 1.54) is 0 Å². The van der Waals surface area contributed by atoms with E-state index < -0.39 is 29.9 Å². The predicted octanol–water partition coefficient (Wildman–Crippen LogP) is -1.08. The van der Waals surface area contributed by atoms with Crippen molar-refractivity contribution in [3.8, 4) is 0 Å². The normalized spacial score (nSPS) is 13.8. The van der Waals surface area contributed by atoms with Gasteiger partial charge in [0.15, 0.2) is 0 Å². The van der Waals surface area contributed by atoms with Gasteiger partial charge in [-0.25, -0.2) is 0 Å². The van der Waals surface area contributed by atoms with Gasteiger partial charge in [-0.1, -0.05) is 0 Å². The summed E-state index contributed by atoms with van der Waals surface area (Å²) in [5.74, 6) is -0.873. The maximum absolute atomic E-state index is 11.3. The van der Waals surface area contributed by atoms with Crippen LogP contribution in [-0.4, -0.2) is 55.1 Å². The van der Waals surface area contributed by atoms with Gasteiger partial charge >= 0.3 is 105 Å². The van der Waals surface area contributed by atoms with Gasteiger partial charge in [-0.3, -0.25) is 0 Å². The van der Waals surface area contributed by atoms with Crippen LogP contribution in [0, 0.1) is 0 Å². The number of carbonyl (C=O) groups excluding carboxylic acids is 1. The van der Waals surface area contributed by atoms with Crippen LogP contribution in [0.15, 0.2) is 0 Å². The van der Waals surface area contributed by atoms with E-state index >= 15 is 0 Å². The summed E-state index contributed by atoms with van der Waals surface area (Å²) < 4.78 is 0. The van der Waals surface area contributed by atoms with Crippen LogP contribution in [0.4, 0.5) is 0 Å². The summed E-state index contributed by atoms with van der Waals surface area (Å²) in [7, 11) is 0. The third kappa shape index (κ3) is 6.93. The molecule has 1 amide bonds. The van der Waals surface area contributed by atoms with Crippen LogP contribution in [-0.2, 0) is 14.4 Å². The third-order valence-electron chi connectivity index (χ3n) is 1.97. The van der Waals surface area contributed by atoms with Crippen LogP contribution in [0.25, 0.3) is 0 Å². The fourth-order valence-electron chi connectivity index (χ4n) is 1.02. The van der Waals surface area contributed by atoms with Crippen LogP contribution in [0.3, 0.4) is 0 Å². The molecule has 0 aliphatic carbocycles. The van der Waals surface area contributed by atoms with Gasteiger partial charge in [0.25, 0.3) is 0 Å². The Morgan fingerprint density at radius 3 is 2.29 bits per heavy atom. The second-order valence-corrected chi connectivity index (χ2v) is 5.31. The molecule has 0 rings (SSSR count). The van der Waals surface area contributed by atoms with Crippen molar-refractivity contribution in [3.63, 3.8) is 0 Å². The molecule has 0 aliphatic heterocycles. The molecule has 5 N–H and O–H groups in total. The van der Waals surface area contributed by atoms with Crippen molar-refractivity contribution < 1.29 is 24.6 Å². The molecule has 0 bridgehead atoms. The van der Waals surface area contributed by atoms with Gasteiger partial charge in [0.2, 0.25) is 0 Å². The van der Waals surface area contributed by atoms with Crippen LogP contribution >= 0.6 is 0 Å². The van der Waals surface area contributed by atoms with E-state index in [1.54, 1.807) is 0 Å². The minimum atomic E-state index is -1.18. The molecule has 0 radical (unpaired) electrons. The summed E-state index contributed by atoms with van der Waals surface area (Å²) in [6.45, 7) is 0. The molecule has 1 unspecified atom stereocenters. The monoisotopic (exact) mass is 312 g/mol. The zero-order valence-electron chi connectivity index (χ0n) is 9.38. The summed E-state index contributed by atoms with van der Waals surface area (Å²) in [5, 5.41) is 20.0. The van der Waals surface area contributed by atoms with Crippen molar-refractivity contribution in [1.29, 1.82) is 0 Å². The first-order chi connectivity index (χ1) is 7.88. The van der Waals surface area contributed by atoms with E-state index in [-0.39, 0.29) is 27.8 Å². The molecule has 0 saturated heterocycles. The number of carboxylic acid groups (broad SMARTS) is 2. The van der Waals surface area contributed by atoms with E-state index in [0.29, 0.717) is 5.32 Å². The zero-order chi connectivity index (χ0) is 13.4. The van der Waals surface area contributed by atoms with Crippen LogP contribution in [0.2, 0.25) is 11.1 Å². The molecular weight excluding hydrogens is 295 g/mol. The Morgan fingerprint density at radius 1 is 1.29 bits per heavy atom. The fraction of sp³-hybridized carbons (Fsp3) is 0.667. The summed E-state index contributed by atoms with van der Waals surface area (Å²) in [6, 6.07) is -1.99. The van der Waals surface area contributed by atoms with Crippen molar-refractivity contribution in [1.82, 2.24) is 5.32 Å². The zero-order valence-corrected chi connectivity index (χ0v) is 11.1. The standard InChI is InChI=1S/C9H16N2O5Se/c1-17-4-6(9(15)16)11-7(12)3-2-5(10)8(13)14/h5-6H,2-4,10H2,1H3,(H,11,12)(H,13,14)(H,15,16)/t5-,6?/m0/s1. The first-order valence-electron chi connectivity index (χ1n) is 4.88. The van der Waals surface area contributed by atoms with Gasteiger partial charge in [-0.05, 0) is 0 Å². The summed E-state index contributed by atoms with van der Waals surface area (Å²) in [6.07, 6.45) is -0.0985. The van der Waals surface area contributed by atoms with Crippen molar-refractivity contribution >= 4 is 32.8 Å². The number of hydrogen-bond donors (Lipinski definition) is 4.